The molecule has 0 bridgehead atoms. The van der Waals surface area contributed by atoms with Crippen molar-refractivity contribution in [1.29, 1.82) is 0 Å². The Bertz CT molecular complexity index is 1020. The number of rotatable bonds is 5. The Kier molecular flexibility index (Phi) is 5.04. The van der Waals surface area contributed by atoms with Gasteiger partial charge in [-0.3, -0.25) is 4.79 Å². The Morgan fingerprint density at radius 3 is 2.70 bits per heavy atom. The minimum absolute atomic E-state index is 0.155. The number of carbonyl (C=O) groups is 1. The molecule has 1 unspecified atom stereocenters. The number of halogens is 4. The first-order valence-corrected chi connectivity index (χ1v) is 9.38. The number of benzene rings is 1. The number of hydrogen-bond acceptors (Lipinski definition) is 5. The molecule has 1 amide bonds. The predicted octanol–water partition coefficient (Wildman–Crippen LogP) is 3.56. The highest BCUT2D eigenvalue weighted by molar-refractivity contribution is 9.10. The molecule has 0 spiro atoms. The van der Waals surface area contributed by atoms with Gasteiger partial charge < -0.3 is 10.8 Å². The normalized spacial score (nSPS) is 14.4. The summed E-state index contributed by atoms with van der Waals surface area (Å²) in [7, 11) is 0. The van der Waals surface area contributed by atoms with Crippen LogP contribution in [0.2, 0.25) is 0 Å². The summed E-state index contributed by atoms with van der Waals surface area (Å²) >= 11 is 4.56. The molecule has 144 valence electrons. The average molecular weight is 463 g/mol. The summed E-state index contributed by atoms with van der Waals surface area (Å²) in [5.74, 6) is -0.545. The highest BCUT2D eigenvalue weighted by atomic mass is 79.9. The van der Waals surface area contributed by atoms with Gasteiger partial charge in [-0.1, -0.05) is 24.3 Å². The molecule has 3 N–H and O–H groups in total. The van der Waals surface area contributed by atoms with Crippen LogP contribution in [0.15, 0.2) is 28.9 Å². The van der Waals surface area contributed by atoms with E-state index in [1.54, 1.807) is 18.2 Å². The fourth-order valence-corrected chi connectivity index (χ4v) is 4.57. The molecule has 0 fully saturated rings. The van der Waals surface area contributed by atoms with Crippen molar-refractivity contribution in [3.8, 4) is 0 Å². The highest BCUT2D eigenvalue weighted by Gasteiger charge is 2.55. The van der Waals surface area contributed by atoms with Gasteiger partial charge in [0.15, 0.2) is 0 Å². The molecule has 27 heavy (non-hydrogen) atoms. The van der Waals surface area contributed by atoms with Gasteiger partial charge in [-0.2, -0.15) is 13.2 Å². The Labute approximate surface area is 163 Å². The van der Waals surface area contributed by atoms with E-state index in [9.17, 15) is 23.1 Å². The SMILES string of the molecule is CCC(O)(c1cn(Cc2ccc3c(Br)c(C(N)=O)sc3c2)nn1)C(F)(F)F. The second-order valence-corrected chi connectivity index (χ2v) is 7.80. The Morgan fingerprint density at radius 2 is 2.11 bits per heavy atom. The zero-order valence-electron chi connectivity index (χ0n) is 13.9. The van der Waals surface area contributed by atoms with Crippen LogP contribution >= 0.6 is 27.3 Å². The lowest BCUT2D eigenvalue weighted by Crippen LogP contribution is -2.42. The maximum Gasteiger partial charge on any atom is 0.423 e. The van der Waals surface area contributed by atoms with E-state index >= 15 is 0 Å². The molecule has 0 radical (unpaired) electrons. The molecule has 1 atom stereocenters. The number of aliphatic hydroxyl groups is 1. The Hall–Kier alpha value is -1.98. The third kappa shape index (κ3) is 3.46. The first kappa shape index (κ1) is 19.8. The van der Waals surface area contributed by atoms with Gasteiger partial charge in [0.1, 0.15) is 10.6 Å². The Balaban J connectivity index is 1.90. The quantitative estimate of drug-likeness (QED) is 0.605. The van der Waals surface area contributed by atoms with Crippen LogP contribution in [0.3, 0.4) is 0 Å². The van der Waals surface area contributed by atoms with E-state index in [4.69, 9.17) is 5.73 Å². The fourth-order valence-electron chi connectivity index (χ4n) is 2.65. The summed E-state index contributed by atoms with van der Waals surface area (Å²) in [5.41, 5.74) is 2.50. The number of carbonyl (C=O) groups excluding carboxylic acids is 1. The average Bonchev–Trinajstić information content (AvgIpc) is 3.18. The van der Waals surface area contributed by atoms with Gasteiger partial charge in [0.2, 0.25) is 5.60 Å². The largest absolute Gasteiger partial charge is 0.423 e. The second kappa shape index (κ2) is 6.88. The van der Waals surface area contributed by atoms with Crippen LogP contribution in [-0.2, 0) is 12.1 Å². The summed E-state index contributed by atoms with van der Waals surface area (Å²) < 4.78 is 42.1. The van der Waals surface area contributed by atoms with Gasteiger partial charge in [0.25, 0.3) is 5.91 Å². The van der Waals surface area contributed by atoms with Gasteiger partial charge in [0, 0.05) is 14.6 Å². The summed E-state index contributed by atoms with van der Waals surface area (Å²) in [5, 5.41) is 18.0. The van der Waals surface area contributed by atoms with Crippen LogP contribution in [0.1, 0.15) is 34.3 Å². The molecule has 0 saturated carbocycles. The molecule has 0 aliphatic rings. The van der Waals surface area contributed by atoms with Crippen molar-refractivity contribution in [3.05, 3.63) is 45.0 Å². The van der Waals surface area contributed by atoms with E-state index < -0.39 is 29.8 Å². The van der Waals surface area contributed by atoms with Crippen LogP contribution in [0.5, 0.6) is 0 Å². The lowest BCUT2D eigenvalue weighted by Gasteiger charge is -2.26. The molecule has 0 saturated heterocycles. The standard InChI is InChI=1S/C16H14BrF3N4O2S/c1-2-15(26,16(18,19)20)11-7-24(23-22-11)6-8-3-4-9-10(5-8)27-13(12(9)17)14(21)25/h3-5,7,26H,2,6H2,1H3,(H2,21,25). The first-order valence-electron chi connectivity index (χ1n) is 7.77. The lowest BCUT2D eigenvalue weighted by molar-refractivity contribution is -0.269. The number of amides is 1. The summed E-state index contributed by atoms with van der Waals surface area (Å²) in [6.45, 7) is 1.38. The molecule has 6 nitrogen and oxygen atoms in total. The van der Waals surface area contributed by atoms with Crippen molar-refractivity contribution >= 4 is 43.3 Å². The number of hydrogen-bond donors (Lipinski definition) is 2. The second-order valence-electron chi connectivity index (χ2n) is 5.95. The topological polar surface area (TPSA) is 94.0 Å². The smallest absolute Gasteiger partial charge is 0.375 e. The van der Waals surface area contributed by atoms with Gasteiger partial charge in [-0.25, -0.2) is 4.68 Å². The minimum Gasteiger partial charge on any atom is -0.375 e. The van der Waals surface area contributed by atoms with E-state index in [-0.39, 0.29) is 6.54 Å². The summed E-state index contributed by atoms with van der Waals surface area (Å²) in [6.07, 6.45) is -4.34. The van der Waals surface area contributed by atoms with Gasteiger partial charge in [-0.05, 0) is 34.0 Å². The van der Waals surface area contributed by atoms with E-state index in [0.29, 0.717) is 9.35 Å². The van der Waals surface area contributed by atoms with Crippen LogP contribution < -0.4 is 5.73 Å². The van der Waals surface area contributed by atoms with Crippen molar-refractivity contribution < 1.29 is 23.1 Å². The maximum atomic E-state index is 13.1. The van der Waals surface area contributed by atoms with Crippen LogP contribution in [0.4, 0.5) is 13.2 Å². The zero-order chi connectivity index (χ0) is 20.0. The number of fused-ring (bicyclic) bond motifs is 1. The lowest BCUT2D eigenvalue weighted by atomic mass is 9.96. The third-order valence-corrected chi connectivity index (χ3v) is 6.46. The molecule has 3 rings (SSSR count). The molecule has 0 aliphatic heterocycles. The van der Waals surface area contributed by atoms with Crippen LogP contribution in [0, 0.1) is 0 Å². The molecule has 0 aliphatic carbocycles. The molecular weight excluding hydrogens is 449 g/mol. The van der Waals surface area contributed by atoms with Crippen molar-refractivity contribution in [3.63, 3.8) is 0 Å². The number of nitrogens with zero attached hydrogens (tertiary/aromatic N) is 3. The first-order chi connectivity index (χ1) is 12.6. The van der Waals surface area contributed by atoms with Gasteiger partial charge in [0.05, 0.1) is 12.7 Å². The fraction of sp³-hybridized carbons (Fsp3) is 0.312. The number of nitrogens with two attached hydrogens (primary N) is 1. The molecule has 11 heteroatoms. The van der Waals surface area contributed by atoms with Crippen LogP contribution in [0.25, 0.3) is 10.1 Å². The summed E-state index contributed by atoms with van der Waals surface area (Å²) in [6, 6.07) is 5.35. The highest BCUT2D eigenvalue weighted by Crippen LogP contribution is 2.40. The van der Waals surface area contributed by atoms with E-state index in [2.05, 4.69) is 26.2 Å². The van der Waals surface area contributed by atoms with E-state index in [1.807, 2.05) is 0 Å². The minimum atomic E-state index is -4.85. The number of thiophene rings is 1. The molecule has 1 aromatic carbocycles. The molecule has 3 aromatic rings. The number of alkyl halides is 3. The van der Waals surface area contributed by atoms with Gasteiger partial charge in [-0.15, -0.1) is 16.4 Å². The van der Waals surface area contributed by atoms with E-state index in [1.165, 1.54) is 22.9 Å². The van der Waals surface area contributed by atoms with Gasteiger partial charge >= 0.3 is 6.18 Å². The Morgan fingerprint density at radius 1 is 1.41 bits per heavy atom. The predicted molar refractivity (Wildman–Crippen MR) is 97.4 cm³/mol. The zero-order valence-corrected chi connectivity index (χ0v) is 16.3. The monoisotopic (exact) mass is 462 g/mol. The van der Waals surface area contributed by atoms with Crippen LogP contribution in [-0.4, -0.2) is 32.2 Å². The molecule has 2 aromatic heterocycles. The molecular formula is C16H14BrF3N4O2S. The van der Waals surface area contributed by atoms with Crippen molar-refractivity contribution in [2.24, 2.45) is 5.73 Å². The molecule has 2 heterocycles. The van der Waals surface area contributed by atoms with E-state index in [0.717, 1.165) is 21.8 Å². The van der Waals surface area contributed by atoms with Crippen molar-refractivity contribution in [2.75, 3.05) is 0 Å². The summed E-state index contributed by atoms with van der Waals surface area (Å²) in [4.78, 5) is 11.8. The van der Waals surface area contributed by atoms with Crippen molar-refractivity contribution in [1.82, 2.24) is 15.0 Å². The van der Waals surface area contributed by atoms with Crippen molar-refractivity contribution in [2.45, 2.75) is 31.7 Å². The number of primary amides is 1. The third-order valence-electron chi connectivity index (χ3n) is 4.21. The number of aromatic nitrogens is 3. The maximum absolute atomic E-state index is 13.1.